The lowest BCUT2D eigenvalue weighted by molar-refractivity contribution is -0.147. The Labute approximate surface area is 96.3 Å². The van der Waals surface area contributed by atoms with E-state index < -0.39 is 11.9 Å². The highest BCUT2D eigenvalue weighted by molar-refractivity contribution is 6.37. The van der Waals surface area contributed by atoms with Crippen LogP contribution in [0.25, 0.3) is 0 Å². The van der Waals surface area contributed by atoms with Crippen LogP contribution in [-0.2, 0) is 9.59 Å². The number of anilines is 1. The number of carboxylic acid groups (broad SMARTS) is 1. The van der Waals surface area contributed by atoms with Crippen molar-refractivity contribution in [1.82, 2.24) is 0 Å². The first-order valence-electron chi connectivity index (χ1n) is 4.20. The van der Waals surface area contributed by atoms with Crippen molar-refractivity contribution < 1.29 is 14.7 Å². The number of nitriles is 1. The van der Waals surface area contributed by atoms with Gasteiger partial charge in [-0.05, 0) is 24.6 Å². The summed E-state index contributed by atoms with van der Waals surface area (Å²) >= 11 is 5.73. The molecule has 5 nitrogen and oxygen atoms in total. The first-order valence-corrected chi connectivity index (χ1v) is 4.58. The van der Waals surface area contributed by atoms with Crippen LogP contribution >= 0.6 is 11.6 Å². The topological polar surface area (TPSA) is 90.2 Å². The Kier molecular flexibility index (Phi) is 3.48. The molecule has 1 aromatic rings. The smallest absolute Gasteiger partial charge is 0.394 e. The van der Waals surface area contributed by atoms with Crippen molar-refractivity contribution in [2.45, 2.75) is 6.92 Å². The molecule has 0 aromatic heterocycles. The van der Waals surface area contributed by atoms with Gasteiger partial charge in [-0.3, -0.25) is 4.79 Å². The average molecular weight is 239 g/mol. The van der Waals surface area contributed by atoms with Crippen molar-refractivity contribution >= 4 is 29.2 Å². The van der Waals surface area contributed by atoms with Crippen LogP contribution in [0.4, 0.5) is 5.69 Å². The number of benzene rings is 1. The summed E-state index contributed by atoms with van der Waals surface area (Å²) in [4.78, 5) is 21.3. The minimum absolute atomic E-state index is 0.0971. The van der Waals surface area contributed by atoms with E-state index in [9.17, 15) is 9.59 Å². The molecular formula is C10H7ClN2O3. The van der Waals surface area contributed by atoms with Crippen molar-refractivity contribution in [2.75, 3.05) is 5.32 Å². The number of aliphatic carboxylic acids is 1. The Morgan fingerprint density at radius 1 is 1.50 bits per heavy atom. The number of carboxylic acids is 1. The summed E-state index contributed by atoms with van der Waals surface area (Å²) < 4.78 is 0. The van der Waals surface area contributed by atoms with Crippen LogP contribution in [-0.4, -0.2) is 17.0 Å². The zero-order valence-electron chi connectivity index (χ0n) is 8.24. The molecule has 0 atom stereocenters. The lowest BCUT2D eigenvalue weighted by atomic mass is 10.1. The van der Waals surface area contributed by atoms with Crippen LogP contribution in [0, 0.1) is 18.3 Å². The largest absolute Gasteiger partial charge is 0.474 e. The molecule has 0 fully saturated rings. The maximum Gasteiger partial charge on any atom is 0.394 e. The van der Waals surface area contributed by atoms with Crippen molar-refractivity contribution in [3.8, 4) is 6.07 Å². The molecule has 6 heteroatoms. The van der Waals surface area contributed by atoms with Crippen LogP contribution in [0.1, 0.15) is 11.1 Å². The second kappa shape index (κ2) is 4.64. The molecule has 0 aliphatic carbocycles. The summed E-state index contributed by atoms with van der Waals surface area (Å²) in [6.07, 6.45) is 0. The second-order valence-corrected chi connectivity index (χ2v) is 3.45. The molecule has 0 aliphatic rings. The van der Waals surface area contributed by atoms with E-state index in [1.807, 2.05) is 6.07 Å². The van der Waals surface area contributed by atoms with E-state index in [-0.39, 0.29) is 11.3 Å². The third-order valence-corrected chi connectivity index (χ3v) is 2.07. The molecule has 0 saturated carbocycles. The number of nitrogens with one attached hydrogen (secondary N) is 1. The zero-order chi connectivity index (χ0) is 12.3. The van der Waals surface area contributed by atoms with Gasteiger partial charge in [0.15, 0.2) is 0 Å². The van der Waals surface area contributed by atoms with Gasteiger partial charge in [-0.25, -0.2) is 4.79 Å². The molecule has 2 N–H and O–H groups in total. The average Bonchev–Trinajstić information content (AvgIpc) is 2.16. The van der Waals surface area contributed by atoms with Crippen LogP contribution < -0.4 is 5.32 Å². The SMILES string of the molecule is Cc1cc(Cl)cc(NC(=O)C(=O)O)c1C#N. The highest BCUT2D eigenvalue weighted by atomic mass is 35.5. The van der Waals surface area contributed by atoms with Gasteiger partial charge in [-0.1, -0.05) is 11.6 Å². The van der Waals surface area contributed by atoms with E-state index in [4.69, 9.17) is 22.0 Å². The van der Waals surface area contributed by atoms with E-state index in [0.29, 0.717) is 10.6 Å². The highest BCUT2D eigenvalue weighted by Crippen LogP contribution is 2.24. The summed E-state index contributed by atoms with van der Waals surface area (Å²) in [6, 6.07) is 4.75. The summed E-state index contributed by atoms with van der Waals surface area (Å²) in [6.45, 7) is 1.64. The van der Waals surface area contributed by atoms with Gasteiger partial charge in [0.2, 0.25) is 0 Å². The first kappa shape index (κ1) is 12.0. The van der Waals surface area contributed by atoms with Gasteiger partial charge < -0.3 is 10.4 Å². The molecule has 0 saturated heterocycles. The fourth-order valence-electron chi connectivity index (χ4n) is 1.17. The molecule has 0 spiro atoms. The van der Waals surface area contributed by atoms with Crippen molar-refractivity contribution in [3.05, 3.63) is 28.3 Å². The Bertz CT molecular complexity index is 506. The number of halogens is 1. The monoisotopic (exact) mass is 238 g/mol. The zero-order valence-corrected chi connectivity index (χ0v) is 9.00. The van der Waals surface area contributed by atoms with E-state index in [0.717, 1.165) is 0 Å². The summed E-state index contributed by atoms with van der Waals surface area (Å²) in [5.41, 5.74) is 0.856. The van der Waals surface area contributed by atoms with Crippen LogP contribution in [0.3, 0.4) is 0 Å². The predicted molar refractivity (Wildman–Crippen MR) is 57.2 cm³/mol. The van der Waals surface area contributed by atoms with E-state index in [2.05, 4.69) is 5.32 Å². The van der Waals surface area contributed by atoms with Crippen LogP contribution in [0.15, 0.2) is 12.1 Å². The predicted octanol–water partition coefficient (Wildman–Crippen LogP) is 1.54. The van der Waals surface area contributed by atoms with Gasteiger partial charge in [0, 0.05) is 5.02 Å². The number of carbonyl (C=O) groups is 2. The number of rotatable bonds is 1. The van der Waals surface area contributed by atoms with Gasteiger partial charge >= 0.3 is 11.9 Å². The third kappa shape index (κ3) is 2.49. The number of carbonyl (C=O) groups excluding carboxylic acids is 1. The fourth-order valence-corrected chi connectivity index (χ4v) is 1.44. The Morgan fingerprint density at radius 2 is 2.12 bits per heavy atom. The van der Waals surface area contributed by atoms with Crippen LogP contribution in [0.5, 0.6) is 0 Å². The van der Waals surface area contributed by atoms with Crippen molar-refractivity contribution in [3.63, 3.8) is 0 Å². The first-order chi connectivity index (χ1) is 7.45. The number of hydrogen-bond acceptors (Lipinski definition) is 3. The lowest BCUT2D eigenvalue weighted by Crippen LogP contribution is -2.22. The third-order valence-electron chi connectivity index (χ3n) is 1.85. The van der Waals surface area contributed by atoms with Gasteiger partial charge in [-0.15, -0.1) is 0 Å². The number of hydrogen-bond donors (Lipinski definition) is 2. The lowest BCUT2D eigenvalue weighted by Gasteiger charge is -2.07. The molecule has 1 aromatic carbocycles. The molecule has 82 valence electrons. The standard InChI is InChI=1S/C10H7ClN2O3/c1-5-2-6(11)3-8(7(5)4-12)13-9(14)10(15)16/h2-3H,1H3,(H,13,14)(H,15,16). The Hall–Kier alpha value is -2.06. The molecule has 0 aliphatic heterocycles. The molecule has 0 radical (unpaired) electrons. The minimum Gasteiger partial charge on any atom is -0.474 e. The van der Waals surface area contributed by atoms with Gasteiger partial charge in [-0.2, -0.15) is 5.26 Å². The van der Waals surface area contributed by atoms with Gasteiger partial charge in [0.1, 0.15) is 6.07 Å². The van der Waals surface area contributed by atoms with Crippen molar-refractivity contribution in [2.24, 2.45) is 0 Å². The normalized spacial score (nSPS) is 9.31. The van der Waals surface area contributed by atoms with E-state index >= 15 is 0 Å². The van der Waals surface area contributed by atoms with Gasteiger partial charge in [0.25, 0.3) is 0 Å². The quantitative estimate of drug-likeness (QED) is 0.726. The molecule has 0 heterocycles. The number of aryl methyl sites for hydroxylation is 1. The summed E-state index contributed by atoms with van der Waals surface area (Å²) in [7, 11) is 0. The molecule has 0 unspecified atom stereocenters. The summed E-state index contributed by atoms with van der Waals surface area (Å²) in [5, 5.41) is 19.7. The molecule has 1 amide bonds. The molecular weight excluding hydrogens is 232 g/mol. The summed E-state index contributed by atoms with van der Waals surface area (Å²) in [5.74, 6) is -2.83. The maximum absolute atomic E-state index is 10.9. The highest BCUT2D eigenvalue weighted by Gasteiger charge is 2.15. The van der Waals surface area contributed by atoms with Gasteiger partial charge in [0.05, 0.1) is 11.3 Å². The second-order valence-electron chi connectivity index (χ2n) is 3.02. The molecule has 16 heavy (non-hydrogen) atoms. The minimum atomic E-state index is -1.62. The maximum atomic E-state index is 10.9. The number of nitrogens with zero attached hydrogens (tertiary/aromatic N) is 1. The Balaban J connectivity index is 3.18. The Morgan fingerprint density at radius 3 is 2.62 bits per heavy atom. The van der Waals surface area contributed by atoms with E-state index in [1.54, 1.807) is 13.0 Å². The fraction of sp³-hybridized carbons (Fsp3) is 0.100. The van der Waals surface area contributed by atoms with Crippen molar-refractivity contribution in [1.29, 1.82) is 5.26 Å². The van der Waals surface area contributed by atoms with Crippen LogP contribution in [0.2, 0.25) is 5.02 Å². The number of amides is 1. The molecule has 0 bridgehead atoms. The molecule has 1 rings (SSSR count). The van der Waals surface area contributed by atoms with E-state index in [1.165, 1.54) is 6.07 Å².